The van der Waals surface area contributed by atoms with Crippen molar-refractivity contribution < 1.29 is 22.8 Å². The number of nitro benzene ring substituents is 1. The summed E-state index contributed by atoms with van der Waals surface area (Å²) in [5, 5.41) is 11.1. The van der Waals surface area contributed by atoms with E-state index in [1.165, 1.54) is 34.7 Å². The highest BCUT2D eigenvalue weighted by molar-refractivity contribution is 7.89. The molecule has 0 amide bonds. The number of rotatable bonds is 7. The number of sulfonamides is 1. The Bertz CT molecular complexity index is 1410. The standard InChI is InChI=1S/C26H28N2O6S2/c1-4-5-18-13-21-25(35-18)15-27(36(31,32)19-9-7-17(8-10-19)28(29)30)22-11-6-16-12-23(33-2)24(34-3)14-20(16)26(21)22/h7-10,12-14,22,26H,4-6,11,15H2,1-3H3/t22-,26+/m1/s1. The van der Waals surface area contributed by atoms with Gasteiger partial charge in [0.2, 0.25) is 10.0 Å². The molecule has 5 rings (SSSR count). The van der Waals surface area contributed by atoms with Gasteiger partial charge in [-0.2, -0.15) is 4.31 Å². The molecule has 2 atom stereocenters. The van der Waals surface area contributed by atoms with Gasteiger partial charge < -0.3 is 9.47 Å². The van der Waals surface area contributed by atoms with E-state index < -0.39 is 14.9 Å². The van der Waals surface area contributed by atoms with Gasteiger partial charge in [0.15, 0.2) is 11.5 Å². The molecule has 10 heteroatoms. The summed E-state index contributed by atoms with van der Waals surface area (Å²) in [5.41, 5.74) is 3.26. The third-order valence-corrected chi connectivity index (χ3v) is 10.2. The molecule has 1 aromatic heterocycles. The zero-order valence-electron chi connectivity index (χ0n) is 20.4. The zero-order chi connectivity index (χ0) is 25.6. The molecule has 0 spiro atoms. The number of methoxy groups -OCH3 is 2. The number of fused-ring (bicyclic) bond motifs is 5. The van der Waals surface area contributed by atoms with E-state index in [0.29, 0.717) is 30.9 Å². The van der Waals surface area contributed by atoms with E-state index in [1.807, 2.05) is 12.1 Å². The van der Waals surface area contributed by atoms with Crippen molar-refractivity contribution in [3.05, 3.63) is 79.0 Å². The summed E-state index contributed by atoms with van der Waals surface area (Å²) < 4.78 is 40.6. The van der Waals surface area contributed by atoms with Crippen LogP contribution in [-0.4, -0.2) is 37.9 Å². The molecular formula is C26H28N2O6S2. The molecule has 0 saturated carbocycles. The van der Waals surface area contributed by atoms with E-state index in [0.717, 1.165) is 28.8 Å². The Kier molecular flexibility index (Phi) is 6.52. The number of nitrogens with zero attached hydrogens (tertiary/aromatic N) is 2. The molecular weight excluding hydrogens is 500 g/mol. The third-order valence-electron chi connectivity index (χ3n) is 7.12. The van der Waals surface area contributed by atoms with Gasteiger partial charge >= 0.3 is 0 Å². The molecule has 1 aliphatic heterocycles. The number of ether oxygens (including phenoxy) is 2. The van der Waals surface area contributed by atoms with E-state index in [-0.39, 0.29) is 22.5 Å². The van der Waals surface area contributed by atoms with Crippen molar-refractivity contribution in [2.75, 3.05) is 14.2 Å². The summed E-state index contributed by atoms with van der Waals surface area (Å²) in [4.78, 5) is 12.9. The average molecular weight is 529 g/mol. The highest BCUT2D eigenvalue weighted by Crippen LogP contribution is 2.50. The lowest BCUT2D eigenvalue weighted by molar-refractivity contribution is -0.384. The van der Waals surface area contributed by atoms with E-state index >= 15 is 0 Å². The van der Waals surface area contributed by atoms with E-state index in [1.54, 1.807) is 29.9 Å². The van der Waals surface area contributed by atoms with Gasteiger partial charge in [0.1, 0.15) is 0 Å². The molecule has 2 aliphatic rings. The summed E-state index contributed by atoms with van der Waals surface area (Å²) >= 11 is 1.68. The van der Waals surface area contributed by atoms with Crippen molar-refractivity contribution in [3.63, 3.8) is 0 Å². The van der Waals surface area contributed by atoms with Gasteiger partial charge in [0, 0.05) is 40.4 Å². The number of thiophene rings is 1. The maximum Gasteiger partial charge on any atom is 0.269 e. The third kappa shape index (κ3) is 4.07. The SMILES string of the molecule is CCCc1cc2c(s1)CN(S(=O)(=O)c1ccc([N+](=O)[O-])cc1)[C@@H]1CCc3cc(OC)c(OC)cc3[C@@H]21. The van der Waals surface area contributed by atoms with Gasteiger partial charge in [-0.1, -0.05) is 13.3 Å². The summed E-state index contributed by atoms with van der Waals surface area (Å²) in [6, 6.07) is 11.1. The van der Waals surface area contributed by atoms with Crippen molar-refractivity contribution in [2.24, 2.45) is 0 Å². The maximum atomic E-state index is 13.9. The monoisotopic (exact) mass is 528 g/mol. The number of hydrogen-bond donors (Lipinski definition) is 0. The molecule has 2 aromatic carbocycles. The first-order valence-corrected chi connectivity index (χ1v) is 14.2. The zero-order valence-corrected chi connectivity index (χ0v) is 22.0. The Morgan fingerprint density at radius 1 is 1.08 bits per heavy atom. The Hall–Kier alpha value is -2.95. The molecule has 2 heterocycles. The van der Waals surface area contributed by atoms with Crippen LogP contribution in [0.1, 0.15) is 52.1 Å². The number of aryl methyl sites for hydroxylation is 2. The minimum Gasteiger partial charge on any atom is -0.493 e. The molecule has 3 aromatic rings. The maximum absolute atomic E-state index is 13.9. The largest absolute Gasteiger partial charge is 0.493 e. The Morgan fingerprint density at radius 3 is 2.42 bits per heavy atom. The van der Waals surface area contributed by atoms with Gasteiger partial charge in [-0.05, 0) is 66.3 Å². The van der Waals surface area contributed by atoms with E-state index in [9.17, 15) is 18.5 Å². The summed E-state index contributed by atoms with van der Waals surface area (Å²) in [6.07, 6.45) is 3.34. The molecule has 8 nitrogen and oxygen atoms in total. The number of hydrogen-bond acceptors (Lipinski definition) is 7. The number of nitro groups is 1. The van der Waals surface area contributed by atoms with Crippen LogP contribution in [-0.2, 0) is 29.4 Å². The molecule has 0 radical (unpaired) electrons. The minimum atomic E-state index is -3.89. The Labute approximate surface area is 214 Å². The molecule has 36 heavy (non-hydrogen) atoms. The van der Waals surface area contributed by atoms with Crippen molar-refractivity contribution in [3.8, 4) is 11.5 Å². The van der Waals surface area contributed by atoms with Crippen LogP contribution in [0, 0.1) is 10.1 Å². The predicted octanol–water partition coefficient (Wildman–Crippen LogP) is 5.28. The molecule has 1 aliphatic carbocycles. The van der Waals surface area contributed by atoms with Gasteiger partial charge in [0.05, 0.1) is 24.0 Å². The first-order valence-electron chi connectivity index (χ1n) is 11.9. The summed E-state index contributed by atoms with van der Waals surface area (Å²) in [7, 11) is -0.673. The van der Waals surface area contributed by atoms with E-state index in [2.05, 4.69) is 13.0 Å². The molecule has 190 valence electrons. The van der Waals surface area contributed by atoms with Crippen molar-refractivity contribution >= 4 is 27.0 Å². The highest BCUT2D eigenvalue weighted by atomic mass is 32.2. The van der Waals surface area contributed by atoms with Crippen LogP contribution >= 0.6 is 11.3 Å². The van der Waals surface area contributed by atoms with Crippen LogP contribution in [0.3, 0.4) is 0 Å². The van der Waals surface area contributed by atoms with Crippen LogP contribution < -0.4 is 9.47 Å². The van der Waals surface area contributed by atoms with Gasteiger partial charge in [-0.3, -0.25) is 10.1 Å². The molecule has 0 saturated heterocycles. The fraction of sp³-hybridized carbons (Fsp3) is 0.385. The number of non-ortho nitro benzene ring substituents is 1. The summed E-state index contributed by atoms with van der Waals surface area (Å²) in [6.45, 7) is 2.44. The lowest BCUT2D eigenvalue weighted by atomic mass is 9.74. The second-order valence-electron chi connectivity index (χ2n) is 9.13. The average Bonchev–Trinajstić information content (AvgIpc) is 3.29. The van der Waals surface area contributed by atoms with Crippen LogP contribution in [0.15, 0.2) is 47.4 Å². The topological polar surface area (TPSA) is 99.0 Å². The van der Waals surface area contributed by atoms with Crippen molar-refractivity contribution in [2.45, 2.75) is 56.0 Å². The summed E-state index contributed by atoms with van der Waals surface area (Å²) in [5.74, 6) is 1.16. The van der Waals surface area contributed by atoms with Crippen LogP contribution in [0.5, 0.6) is 11.5 Å². The minimum absolute atomic E-state index is 0.0683. The van der Waals surface area contributed by atoms with Gasteiger partial charge in [-0.15, -0.1) is 11.3 Å². The number of benzene rings is 2. The molecule has 0 bridgehead atoms. The quantitative estimate of drug-likeness (QED) is 0.306. The fourth-order valence-corrected chi connectivity index (χ4v) is 8.49. The molecule has 0 fully saturated rings. The van der Waals surface area contributed by atoms with Crippen molar-refractivity contribution in [1.82, 2.24) is 4.31 Å². The molecule has 0 unspecified atom stereocenters. The Balaban J connectivity index is 1.64. The van der Waals surface area contributed by atoms with Crippen molar-refractivity contribution in [1.29, 1.82) is 0 Å². The van der Waals surface area contributed by atoms with Crippen LogP contribution in [0.25, 0.3) is 0 Å². The first-order chi connectivity index (χ1) is 17.3. The normalized spacial score (nSPS) is 19.2. The Morgan fingerprint density at radius 2 is 1.78 bits per heavy atom. The molecule has 0 N–H and O–H groups in total. The van der Waals surface area contributed by atoms with E-state index in [4.69, 9.17) is 9.47 Å². The fourth-order valence-electron chi connectivity index (χ4n) is 5.46. The lowest BCUT2D eigenvalue weighted by Crippen LogP contribution is -2.48. The lowest BCUT2D eigenvalue weighted by Gasteiger charge is -2.44. The first kappa shape index (κ1) is 24.7. The second-order valence-corrected chi connectivity index (χ2v) is 12.2. The highest BCUT2D eigenvalue weighted by Gasteiger charge is 2.45. The second kappa shape index (κ2) is 9.49. The smallest absolute Gasteiger partial charge is 0.269 e. The van der Waals surface area contributed by atoms with Gasteiger partial charge in [0.25, 0.3) is 5.69 Å². The van der Waals surface area contributed by atoms with Crippen LogP contribution in [0.4, 0.5) is 5.69 Å². The van der Waals surface area contributed by atoms with Crippen LogP contribution in [0.2, 0.25) is 0 Å². The predicted molar refractivity (Wildman–Crippen MR) is 138 cm³/mol. The van der Waals surface area contributed by atoms with Gasteiger partial charge in [-0.25, -0.2) is 8.42 Å².